The highest BCUT2D eigenvalue weighted by atomic mass is 16.2. The molecule has 1 aromatic carbocycles. The summed E-state index contributed by atoms with van der Waals surface area (Å²) in [6.45, 7) is 11.0. The molecule has 0 aromatic heterocycles. The van der Waals surface area contributed by atoms with Crippen LogP contribution < -0.4 is 4.90 Å². The molecule has 0 bridgehead atoms. The predicted octanol–water partition coefficient (Wildman–Crippen LogP) is 2.53. The number of fused-ring (bicyclic) bond motifs is 1. The van der Waals surface area contributed by atoms with Crippen LogP contribution >= 0.6 is 0 Å². The first-order chi connectivity index (χ1) is 7.15. The van der Waals surface area contributed by atoms with E-state index >= 15 is 0 Å². The molecule has 15 heavy (non-hydrogen) atoms. The average molecular weight is 200 g/mol. The van der Waals surface area contributed by atoms with Gasteiger partial charge in [-0.2, -0.15) is 0 Å². The lowest BCUT2D eigenvalue weighted by atomic mass is 10.1. The van der Waals surface area contributed by atoms with Gasteiger partial charge in [0.05, 0.1) is 18.7 Å². The van der Waals surface area contributed by atoms with Crippen molar-refractivity contribution in [2.75, 3.05) is 4.90 Å². The molecular weight excluding hydrogens is 188 g/mol. The summed E-state index contributed by atoms with van der Waals surface area (Å²) in [5, 5.41) is 0. The van der Waals surface area contributed by atoms with Gasteiger partial charge >= 0.3 is 0 Å². The SMILES string of the molecule is [C-]#[N+]c1cccc2c1N(C(C)C)C(=O)C2. The number of para-hydroxylation sites is 1. The van der Waals surface area contributed by atoms with E-state index in [-0.39, 0.29) is 11.9 Å². The van der Waals surface area contributed by atoms with Gasteiger partial charge in [-0.15, -0.1) is 0 Å². The molecule has 76 valence electrons. The number of hydrogen-bond donors (Lipinski definition) is 0. The van der Waals surface area contributed by atoms with E-state index in [4.69, 9.17) is 6.57 Å². The Bertz CT molecular complexity index is 457. The third-order valence-corrected chi connectivity index (χ3v) is 2.59. The van der Waals surface area contributed by atoms with Gasteiger partial charge in [0.15, 0.2) is 0 Å². The van der Waals surface area contributed by atoms with E-state index in [1.165, 1.54) is 0 Å². The zero-order chi connectivity index (χ0) is 11.0. The van der Waals surface area contributed by atoms with E-state index in [0.717, 1.165) is 11.3 Å². The number of carbonyl (C=O) groups excluding carboxylic acids is 1. The second kappa shape index (κ2) is 3.39. The van der Waals surface area contributed by atoms with Crippen LogP contribution in [0.3, 0.4) is 0 Å². The predicted molar refractivity (Wildman–Crippen MR) is 59.0 cm³/mol. The maximum Gasteiger partial charge on any atom is 0.230 e. The average Bonchev–Trinajstić information content (AvgIpc) is 2.53. The molecule has 0 fully saturated rings. The van der Waals surface area contributed by atoms with Crippen molar-refractivity contribution in [3.05, 3.63) is 35.2 Å². The van der Waals surface area contributed by atoms with Crippen LogP contribution in [0.15, 0.2) is 18.2 Å². The van der Waals surface area contributed by atoms with Crippen molar-refractivity contribution in [3.8, 4) is 0 Å². The highest BCUT2D eigenvalue weighted by Crippen LogP contribution is 2.38. The molecule has 0 saturated carbocycles. The zero-order valence-corrected chi connectivity index (χ0v) is 8.82. The fraction of sp³-hybridized carbons (Fsp3) is 0.333. The van der Waals surface area contributed by atoms with Gasteiger partial charge in [-0.05, 0) is 19.4 Å². The number of anilines is 1. The molecule has 1 aliphatic rings. The third kappa shape index (κ3) is 1.39. The molecule has 3 heteroatoms. The van der Waals surface area contributed by atoms with Crippen molar-refractivity contribution in [2.24, 2.45) is 0 Å². The molecule has 2 rings (SSSR count). The van der Waals surface area contributed by atoms with E-state index in [2.05, 4.69) is 4.85 Å². The van der Waals surface area contributed by atoms with Crippen LogP contribution in [0.25, 0.3) is 4.85 Å². The fourth-order valence-electron chi connectivity index (χ4n) is 2.01. The summed E-state index contributed by atoms with van der Waals surface area (Å²) in [5.74, 6) is 0.0936. The Hall–Kier alpha value is -1.82. The summed E-state index contributed by atoms with van der Waals surface area (Å²) < 4.78 is 0. The summed E-state index contributed by atoms with van der Waals surface area (Å²) in [5.41, 5.74) is 2.36. The summed E-state index contributed by atoms with van der Waals surface area (Å²) in [4.78, 5) is 17.0. The Kier molecular flexibility index (Phi) is 2.20. The Morgan fingerprint density at radius 1 is 1.47 bits per heavy atom. The van der Waals surface area contributed by atoms with Crippen molar-refractivity contribution < 1.29 is 4.79 Å². The number of rotatable bonds is 1. The molecule has 0 spiro atoms. The quantitative estimate of drug-likeness (QED) is 0.639. The van der Waals surface area contributed by atoms with Crippen LogP contribution in [-0.2, 0) is 11.2 Å². The van der Waals surface area contributed by atoms with Crippen molar-refractivity contribution in [1.29, 1.82) is 0 Å². The van der Waals surface area contributed by atoms with Gasteiger partial charge in [-0.25, -0.2) is 4.85 Å². The van der Waals surface area contributed by atoms with E-state index < -0.39 is 0 Å². The molecule has 0 atom stereocenters. The second-order valence-corrected chi connectivity index (χ2v) is 3.93. The smallest absolute Gasteiger partial charge is 0.230 e. The van der Waals surface area contributed by atoms with Gasteiger partial charge in [0.25, 0.3) is 0 Å². The van der Waals surface area contributed by atoms with Crippen molar-refractivity contribution in [1.82, 2.24) is 0 Å². The largest absolute Gasteiger partial charge is 0.319 e. The Morgan fingerprint density at radius 2 is 2.20 bits per heavy atom. The van der Waals surface area contributed by atoms with Crippen molar-refractivity contribution >= 4 is 17.3 Å². The minimum atomic E-state index is 0.0936. The van der Waals surface area contributed by atoms with Crippen LogP contribution in [0, 0.1) is 6.57 Å². The topological polar surface area (TPSA) is 24.7 Å². The molecular formula is C12H12N2O. The number of amides is 1. The van der Waals surface area contributed by atoms with Crippen LogP contribution in [0.1, 0.15) is 19.4 Å². The molecule has 1 aliphatic heterocycles. The summed E-state index contributed by atoms with van der Waals surface area (Å²) >= 11 is 0. The van der Waals surface area contributed by atoms with Crippen molar-refractivity contribution in [2.45, 2.75) is 26.3 Å². The lowest BCUT2D eigenvalue weighted by Crippen LogP contribution is -2.33. The lowest BCUT2D eigenvalue weighted by molar-refractivity contribution is -0.117. The highest BCUT2D eigenvalue weighted by molar-refractivity contribution is 6.05. The lowest BCUT2D eigenvalue weighted by Gasteiger charge is -2.22. The molecule has 0 radical (unpaired) electrons. The minimum Gasteiger partial charge on any atom is -0.319 e. The molecule has 1 aromatic rings. The zero-order valence-electron chi connectivity index (χ0n) is 8.82. The maximum atomic E-state index is 11.8. The van der Waals surface area contributed by atoms with Gasteiger partial charge < -0.3 is 4.90 Å². The summed E-state index contributed by atoms with van der Waals surface area (Å²) in [6.07, 6.45) is 0.427. The Balaban J connectivity index is 2.61. The van der Waals surface area contributed by atoms with Crippen molar-refractivity contribution in [3.63, 3.8) is 0 Å². The third-order valence-electron chi connectivity index (χ3n) is 2.59. The van der Waals surface area contributed by atoms with E-state index in [9.17, 15) is 4.79 Å². The normalized spacial score (nSPS) is 14.3. The monoisotopic (exact) mass is 200 g/mol. The molecule has 0 aliphatic carbocycles. The fourth-order valence-corrected chi connectivity index (χ4v) is 2.01. The molecule has 1 heterocycles. The van der Waals surface area contributed by atoms with Gasteiger partial charge in [0.1, 0.15) is 0 Å². The Labute approximate surface area is 89.1 Å². The van der Waals surface area contributed by atoms with Gasteiger partial charge in [0, 0.05) is 6.04 Å². The molecule has 0 unspecified atom stereocenters. The van der Waals surface area contributed by atoms with E-state index in [0.29, 0.717) is 12.1 Å². The number of nitrogens with zero attached hydrogens (tertiary/aromatic N) is 2. The minimum absolute atomic E-state index is 0.0936. The second-order valence-electron chi connectivity index (χ2n) is 3.93. The number of hydrogen-bond acceptors (Lipinski definition) is 1. The van der Waals surface area contributed by atoms with Crippen LogP contribution in [0.4, 0.5) is 11.4 Å². The first-order valence-corrected chi connectivity index (χ1v) is 4.96. The first-order valence-electron chi connectivity index (χ1n) is 4.96. The van der Waals surface area contributed by atoms with Gasteiger partial charge in [0.2, 0.25) is 11.6 Å². The first kappa shape index (κ1) is 9.72. The Morgan fingerprint density at radius 3 is 2.80 bits per heavy atom. The van der Waals surface area contributed by atoms with Crippen LogP contribution in [-0.4, -0.2) is 11.9 Å². The number of benzene rings is 1. The summed E-state index contributed by atoms with van der Waals surface area (Å²) in [6, 6.07) is 5.63. The van der Waals surface area contributed by atoms with Gasteiger partial charge in [-0.1, -0.05) is 18.2 Å². The highest BCUT2D eigenvalue weighted by Gasteiger charge is 2.30. The van der Waals surface area contributed by atoms with Gasteiger partial charge in [-0.3, -0.25) is 4.79 Å². The molecule has 1 amide bonds. The van der Waals surface area contributed by atoms with Crippen LogP contribution in [0.5, 0.6) is 0 Å². The standard InChI is InChI=1S/C12H12N2O/c1-8(2)14-11(15)7-9-5-4-6-10(13-3)12(9)14/h4-6,8H,7H2,1-2H3. The van der Waals surface area contributed by atoms with E-state index in [1.807, 2.05) is 26.0 Å². The molecule has 0 N–H and O–H groups in total. The molecule has 3 nitrogen and oxygen atoms in total. The van der Waals surface area contributed by atoms with E-state index in [1.54, 1.807) is 11.0 Å². The van der Waals surface area contributed by atoms with Crippen LogP contribution in [0.2, 0.25) is 0 Å². The molecule has 0 saturated heterocycles. The number of carbonyl (C=O) groups is 1. The maximum absolute atomic E-state index is 11.8. The summed E-state index contributed by atoms with van der Waals surface area (Å²) in [7, 11) is 0.